The Morgan fingerprint density at radius 3 is 1.00 bits per heavy atom. The summed E-state index contributed by atoms with van der Waals surface area (Å²) in [6, 6.07) is 0. The van der Waals surface area contributed by atoms with Gasteiger partial charge in [-0.1, -0.05) is 0 Å². The molecule has 0 aliphatic carbocycles. The molecule has 0 saturated heterocycles. The molecule has 0 aromatic carbocycles. The second kappa shape index (κ2) is 9.50. The summed E-state index contributed by atoms with van der Waals surface area (Å²) in [5, 5.41) is 0. The average molecular weight is 71.0 g/mol. The third-order valence-corrected chi connectivity index (χ3v) is 0. The molecule has 0 fully saturated rings. The van der Waals surface area contributed by atoms with Crippen LogP contribution in [0.3, 0.4) is 0 Å². The van der Waals surface area contributed by atoms with Gasteiger partial charge in [0.05, 0.1) is 0 Å². The van der Waals surface area contributed by atoms with Crippen molar-refractivity contribution in [2.24, 2.45) is 0 Å². The monoisotopic (exact) mass is 71.1 g/mol. The molecule has 0 spiro atoms. The van der Waals surface area contributed by atoms with Crippen LogP contribution in [-0.4, -0.2) is 18.9 Å². The van der Waals surface area contributed by atoms with Crippen molar-refractivity contribution in [1.29, 1.82) is 0 Å². The SMILES string of the molecule is C[C-](C)C.[Li+].[Li]. The van der Waals surface area contributed by atoms with Gasteiger partial charge in [-0.05, 0) is 0 Å². The van der Waals surface area contributed by atoms with Crippen molar-refractivity contribution in [3.05, 3.63) is 5.92 Å². The summed E-state index contributed by atoms with van der Waals surface area (Å²) >= 11 is 0. The smallest absolute Gasteiger partial charge is 0.323 e. The van der Waals surface area contributed by atoms with Crippen molar-refractivity contribution in [3.63, 3.8) is 0 Å². The van der Waals surface area contributed by atoms with Crippen LogP contribution in [0.25, 0.3) is 0 Å². The maximum atomic E-state index is 2.08. The number of hydrogen-bond donors (Lipinski definition) is 0. The van der Waals surface area contributed by atoms with E-state index in [4.69, 9.17) is 0 Å². The zero-order valence-electron chi connectivity index (χ0n) is 5.50. The van der Waals surface area contributed by atoms with Gasteiger partial charge in [-0.15, -0.1) is 0 Å². The first kappa shape index (κ1) is 15.7. The molecule has 0 unspecified atom stereocenters. The van der Waals surface area contributed by atoms with Crippen molar-refractivity contribution in [3.8, 4) is 0 Å². The van der Waals surface area contributed by atoms with Crippen LogP contribution in [0, 0.1) is 5.92 Å². The minimum absolute atomic E-state index is 0. The van der Waals surface area contributed by atoms with Gasteiger partial charge in [-0.25, -0.2) is 0 Å². The zero-order valence-corrected chi connectivity index (χ0v) is 5.50. The van der Waals surface area contributed by atoms with E-state index in [1.54, 1.807) is 0 Å². The maximum absolute atomic E-state index is 2.08. The molecule has 27 valence electrons. The Kier molecular flexibility index (Phi) is 24.8. The van der Waals surface area contributed by atoms with Crippen LogP contribution in [0.15, 0.2) is 0 Å². The summed E-state index contributed by atoms with van der Waals surface area (Å²) in [7, 11) is 0. The van der Waals surface area contributed by atoms with Gasteiger partial charge in [0.15, 0.2) is 0 Å². The molecule has 0 heterocycles. The largest absolute Gasteiger partial charge is 1.00 e. The average Bonchev–Trinajstić information content (AvgIpc) is 0.811. The van der Waals surface area contributed by atoms with Gasteiger partial charge in [0, 0.05) is 18.9 Å². The standard InChI is InChI=1S/C4H9.2Li/c1-4(2)3;;/h1-3H3;;/q-1;;+1. The van der Waals surface area contributed by atoms with Gasteiger partial charge in [0.25, 0.3) is 0 Å². The first-order valence-corrected chi connectivity index (χ1v) is 1.50. The van der Waals surface area contributed by atoms with E-state index >= 15 is 0 Å². The molecule has 0 N–H and O–H groups in total. The van der Waals surface area contributed by atoms with Crippen LogP contribution in [0.1, 0.15) is 20.8 Å². The van der Waals surface area contributed by atoms with Crippen LogP contribution >= 0.6 is 0 Å². The molecule has 0 saturated carbocycles. The van der Waals surface area contributed by atoms with E-state index in [0.29, 0.717) is 0 Å². The molecule has 0 aliphatic rings. The molecule has 0 nitrogen and oxygen atoms in total. The minimum atomic E-state index is 0. The Labute approximate surface area is 64.4 Å². The Morgan fingerprint density at radius 1 is 1.00 bits per heavy atom. The van der Waals surface area contributed by atoms with Crippen molar-refractivity contribution in [1.82, 2.24) is 0 Å². The molecular weight excluding hydrogens is 61.9 g/mol. The predicted molar refractivity (Wildman–Crippen MR) is 26.0 cm³/mol. The van der Waals surface area contributed by atoms with Crippen LogP contribution in [0.2, 0.25) is 0 Å². The summed E-state index contributed by atoms with van der Waals surface area (Å²) in [6.45, 7) is 6.25. The van der Waals surface area contributed by atoms with Gasteiger partial charge >= 0.3 is 18.9 Å². The summed E-state index contributed by atoms with van der Waals surface area (Å²) in [4.78, 5) is 0. The fraction of sp³-hybridized carbons (Fsp3) is 0.750. The van der Waals surface area contributed by atoms with Crippen LogP contribution in [0.4, 0.5) is 0 Å². The molecule has 0 bridgehead atoms. The molecule has 6 heavy (non-hydrogen) atoms. The van der Waals surface area contributed by atoms with Gasteiger partial charge in [-0.3, -0.25) is 0 Å². The first-order chi connectivity index (χ1) is 1.73. The van der Waals surface area contributed by atoms with E-state index in [1.807, 2.05) is 0 Å². The number of hydrogen-bond acceptors (Lipinski definition) is 0. The molecule has 0 aromatic heterocycles. The van der Waals surface area contributed by atoms with E-state index in [2.05, 4.69) is 20.8 Å². The summed E-state index contributed by atoms with van der Waals surface area (Å²) in [5.74, 6) is 1.42. The van der Waals surface area contributed by atoms with E-state index in [9.17, 15) is 0 Å². The first-order valence-electron chi connectivity index (χ1n) is 1.50. The van der Waals surface area contributed by atoms with Crippen molar-refractivity contribution in [2.75, 3.05) is 0 Å². The molecule has 0 amide bonds. The molecule has 1 radical (unpaired) electrons. The van der Waals surface area contributed by atoms with Crippen molar-refractivity contribution in [2.45, 2.75) is 20.8 Å². The Bertz CT molecular complexity index is 10.3. The summed E-state index contributed by atoms with van der Waals surface area (Å²) < 4.78 is 0. The molecular formula is C4H9Li2. The van der Waals surface area contributed by atoms with Gasteiger partial charge in [-0.2, -0.15) is 20.8 Å². The normalized spacial score (nSPS) is 6.00. The second-order valence-electron chi connectivity index (χ2n) is 1.50. The van der Waals surface area contributed by atoms with Crippen LogP contribution < -0.4 is 18.9 Å². The number of rotatable bonds is 0. The fourth-order valence-corrected chi connectivity index (χ4v) is 0. The Balaban J connectivity index is -0.0000000450. The van der Waals surface area contributed by atoms with E-state index < -0.39 is 0 Å². The van der Waals surface area contributed by atoms with Gasteiger partial charge in [0.2, 0.25) is 0 Å². The van der Waals surface area contributed by atoms with E-state index in [-0.39, 0.29) is 37.7 Å². The third kappa shape index (κ3) is 64.0. The van der Waals surface area contributed by atoms with Crippen molar-refractivity contribution < 1.29 is 18.9 Å². The molecule has 0 aliphatic heterocycles. The van der Waals surface area contributed by atoms with E-state index in [0.717, 1.165) is 0 Å². The minimum Gasteiger partial charge on any atom is -0.323 e. The quantitative estimate of drug-likeness (QED) is 0.234. The molecule has 0 atom stereocenters. The van der Waals surface area contributed by atoms with Gasteiger partial charge in [0.1, 0.15) is 0 Å². The molecule has 2 heteroatoms. The Hall–Kier alpha value is 1.19. The van der Waals surface area contributed by atoms with E-state index in [1.165, 1.54) is 5.92 Å². The molecule has 0 rings (SSSR count). The predicted octanol–water partition coefficient (Wildman–Crippen LogP) is -1.76. The maximum Gasteiger partial charge on any atom is 1.00 e. The van der Waals surface area contributed by atoms with Crippen molar-refractivity contribution >= 4 is 18.9 Å². The second-order valence-corrected chi connectivity index (χ2v) is 1.50. The topological polar surface area (TPSA) is 0 Å². The molecule has 0 aromatic rings. The fourth-order valence-electron chi connectivity index (χ4n) is 0. The Morgan fingerprint density at radius 2 is 1.00 bits per heavy atom. The zero-order chi connectivity index (χ0) is 3.58. The summed E-state index contributed by atoms with van der Waals surface area (Å²) in [5.41, 5.74) is 0. The van der Waals surface area contributed by atoms with Crippen LogP contribution in [-0.2, 0) is 0 Å². The summed E-state index contributed by atoms with van der Waals surface area (Å²) in [6.07, 6.45) is 0. The van der Waals surface area contributed by atoms with Gasteiger partial charge < -0.3 is 5.92 Å². The third-order valence-electron chi connectivity index (χ3n) is 0. The van der Waals surface area contributed by atoms with Crippen LogP contribution in [0.5, 0.6) is 0 Å².